The van der Waals surface area contributed by atoms with E-state index in [1.165, 1.54) is 19.3 Å². The zero-order chi connectivity index (χ0) is 19.5. The van der Waals surface area contributed by atoms with Crippen LogP contribution in [-0.2, 0) is 4.79 Å². The Morgan fingerprint density at radius 3 is 2.15 bits per heavy atom. The van der Waals surface area contributed by atoms with Crippen molar-refractivity contribution in [2.75, 3.05) is 6.61 Å². The third-order valence-corrected chi connectivity index (χ3v) is 4.34. The van der Waals surface area contributed by atoms with E-state index in [-0.39, 0.29) is 5.57 Å². The Morgan fingerprint density at radius 1 is 0.963 bits per heavy atom. The molecule has 0 heterocycles. The van der Waals surface area contributed by atoms with Crippen LogP contribution in [0.3, 0.4) is 0 Å². The van der Waals surface area contributed by atoms with Gasteiger partial charge in [0.15, 0.2) is 0 Å². The Labute approximate surface area is 162 Å². The molecule has 0 aliphatic rings. The second-order valence-corrected chi connectivity index (χ2v) is 6.42. The van der Waals surface area contributed by atoms with E-state index in [0.717, 1.165) is 29.9 Å². The summed E-state index contributed by atoms with van der Waals surface area (Å²) in [6.45, 7) is 4.81. The molecule has 2 aromatic rings. The van der Waals surface area contributed by atoms with Crippen LogP contribution >= 0.6 is 0 Å². The first-order chi connectivity index (χ1) is 13.2. The highest BCUT2D eigenvalue weighted by Gasteiger charge is 2.09. The fourth-order valence-corrected chi connectivity index (χ4v) is 2.79. The van der Waals surface area contributed by atoms with Gasteiger partial charge >= 0.3 is 5.97 Å². The van der Waals surface area contributed by atoms with Gasteiger partial charge in [0.1, 0.15) is 5.75 Å². The molecule has 0 aromatic heterocycles. The lowest BCUT2D eigenvalue weighted by Gasteiger charge is -2.08. The van der Waals surface area contributed by atoms with Crippen molar-refractivity contribution >= 4 is 11.5 Å². The maximum atomic E-state index is 11.4. The second-order valence-electron chi connectivity index (χ2n) is 6.42. The minimum atomic E-state index is -0.929. The zero-order valence-corrected chi connectivity index (χ0v) is 16.2. The Balaban J connectivity index is 2.03. The van der Waals surface area contributed by atoms with Crippen LogP contribution in [-0.4, -0.2) is 17.7 Å². The van der Waals surface area contributed by atoms with Crippen LogP contribution in [0.5, 0.6) is 5.75 Å². The quantitative estimate of drug-likeness (QED) is 0.303. The van der Waals surface area contributed by atoms with Crippen molar-refractivity contribution in [1.82, 2.24) is 0 Å². The molecular weight excluding hydrogens is 336 g/mol. The fraction of sp³-hybridized carbons (Fsp3) is 0.292. The van der Waals surface area contributed by atoms with Crippen LogP contribution in [0, 0.1) is 0 Å². The predicted octanol–water partition coefficient (Wildman–Crippen LogP) is 6.36. The molecule has 0 unspecified atom stereocenters. The van der Waals surface area contributed by atoms with Crippen LogP contribution in [0.2, 0.25) is 0 Å². The fourth-order valence-electron chi connectivity index (χ4n) is 2.79. The number of benzene rings is 2. The van der Waals surface area contributed by atoms with Crippen LogP contribution in [0.15, 0.2) is 66.8 Å². The number of carboxylic acid groups (broad SMARTS) is 1. The Morgan fingerprint density at radius 2 is 1.59 bits per heavy atom. The van der Waals surface area contributed by atoms with Gasteiger partial charge in [0.2, 0.25) is 0 Å². The smallest absolute Gasteiger partial charge is 0.336 e. The molecule has 0 radical (unpaired) electrons. The van der Waals surface area contributed by atoms with Crippen molar-refractivity contribution in [3.63, 3.8) is 0 Å². The van der Waals surface area contributed by atoms with E-state index in [4.69, 9.17) is 4.74 Å². The van der Waals surface area contributed by atoms with E-state index in [9.17, 15) is 9.90 Å². The summed E-state index contributed by atoms with van der Waals surface area (Å²) in [5.41, 5.74) is 3.10. The molecule has 3 heteroatoms. The first-order valence-electron chi connectivity index (χ1n) is 9.55. The number of hydrogen-bond donors (Lipinski definition) is 1. The molecule has 2 rings (SSSR count). The van der Waals surface area contributed by atoms with Gasteiger partial charge in [-0.25, -0.2) is 4.79 Å². The number of allylic oxidation sites excluding steroid dienone is 3. The molecule has 0 saturated carbocycles. The van der Waals surface area contributed by atoms with E-state index in [2.05, 4.69) is 6.92 Å². The number of ether oxygens (including phenoxy) is 1. The highest BCUT2D eigenvalue weighted by molar-refractivity contribution is 6.15. The average Bonchev–Trinajstić information content (AvgIpc) is 2.69. The standard InChI is InChI=1S/C24H28O3/c1-3-5-7-8-18-27-22-16-14-20(15-17-22)19-10-12-21(13-11-19)23(24(25)26)9-6-4-2/h4,6,9-17H,3,5,7-8,18H2,1-2H3,(H,25,26)/b6-4+,23-9+. The van der Waals surface area contributed by atoms with Crippen LogP contribution in [0.4, 0.5) is 0 Å². The molecule has 0 saturated heterocycles. The van der Waals surface area contributed by atoms with Gasteiger partial charge in [0.05, 0.1) is 12.2 Å². The summed E-state index contributed by atoms with van der Waals surface area (Å²) in [5.74, 6) is -0.0457. The van der Waals surface area contributed by atoms with Crippen LogP contribution in [0.25, 0.3) is 16.7 Å². The van der Waals surface area contributed by atoms with Crippen molar-refractivity contribution in [2.45, 2.75) is 39.5 Å². The monoisotopic (exact) mass is 364 g/mol. The van der Waals surface area contributed by atoms with Gasteiger partial charge in [-0.15, -0.1) is 0 Å². The third-order valence-electron chi connectivity index (χ3n) is 4.34. The van der Waals surface area contributed by atoms with Gasteiger partial charge in [-0.3, -0.25) is 0 Å². The Hall–Kier alpha value is -2.81. The largest absolute Gasteiger partial charge is 0.494 e. The van der Waals surface area contributed by atoms with Crippen molar-refractivity contribution in [3.8, 4) is 16.9 Å². The van der Waals surface area contributed by atoms with E-state index >= 15 is 0 Å². The average molecular weight is 364 g/mol. The van der Waals surface area contributed by atoms with Crippen LogP contribution in [0.1, 0.15) is 45.1 Å². The van der Waals surface area contributed by atoms with Gasteiger partial charge in [-0.05, 0) is 48.2 Å². The normalized spacial score (nSPS) is 11.7. The zero-order valence-electron chi connectivity index (χ0n) is 16.2. The molecule has 1 N–H and O–H groups in total. The molecular formula is C24H28O3. The third kappa shape index (κ3) is 6.45. The van der Waals surface area contributed by atoms with Crippen molar-refractivity contribution in [3.05, 3.63) is 72.3 Å². The molecule has 0 bridgehead atoms. The summed E-state index contributed by atoms with van der Waals surface area (Å²) >= 11 is 0. The van der Waals surface area contributed by atoms with Gasteiger partial charge in [0.25, 0.3) is 0 Å². The molecule has 0 aliphatic carbocycles. The summed E-state index contributed by atoms with van der Waals surface area (Å²) in [7, 11) is 0. The highest BCUT2D eigenvalue weighted by Crippen LogP contribution is 2.25. The topological polar surface area (TPSA) is 46.5 Å². The predicted molar refractivity (Wildman–Crippen MR) is 112 cm³/mol. The second kappa shape index (κ2) is 11.0. The maximum Gasteiger partial charge on any atom is 0.336 e. The molecule has 142 valence electrons. The maximum absolute atomic E-state index is 11.4. The molecule has 0 atom stereocenters. The van der Waals surface area contributed by atoms with Gasteiger partial charge in [-0.1, -0.05) is 74.7 Å². The lowest BCUT2D eigenvalue weighted by molar-refractivity contribution is -0.130. The molecule has 0 amide bonds. The molecule has 3 nitrogen and oxygen atoms in total. The molecule has 0 aliphatic heterocycles. The number of carboxylic acids is 1. The van der Waals surface area contributed by atoms with E-state index in [0.29, 0.717) is 5.56 Å². The van der Waals surface area contributed by atoms with Crippen molar-refractivity contribution < 1.29 is 14.6 Å². The molecule has 27 heavy (non-hydrogen) atoms. The van der Waals surface area contributed by atoms with Gasteiger partial charge < -0.3 is 9.84 Å². The number of aliphatic carboxylic acids is 1. The van der Waals surface area contributed by atoms with Crippen molar-refractivity contribution in [1.29, 1.82) is 0 Å². The first kappa shape index (κ1) is 20.5. The van der Waals surface area contributed by atoms with E-state index in [1.807, 2.05) is 61.5 Å². The SMILES string of the molecule is C/C=C/C=C(/C(=O)O)c1ccc(-c2ccc(OCCCCCC)cc2)cc1. The molecule has 2 aromatic carbocycles. The lowest BCUT2D eigenvalue weighted by atomic mass is 10.00. The summed E-state index contributed by atoms with van der Waals surface area (Å²) in [6, 6.07) is 15.6. The van der Waals surface area contributed by atoms with Gasteiger partial charge in [-0.2, -0.15) is 0 Å². The van der Waals surface area contributed by atoms with E-state index < -0.39 is 5.97 Å². The van der Waals surface area contributed by atoms with Gasteiger partial charge in [0, 0.05) is 0 Å². The minimum absolute atomic E-state index is 0.284. The number of rotatable bonds is 10. The Kier molecular flexibility index (Phi) is 8.37. The highest BCUT2D eigenvalue weighted by atomic mass is 16.5. The summed E-state index contributed by atoms with van der Waals surface area (Å²) in [6.07, 6.45) is 9.94. The summed E-state index contributed by atoms with van der Waals surface area (Å²) < 4.78 is 5.78. The lowest BCUT2D eigenvalue weighted by Crippen LogP contribution is -1.99. The van der Waals surface area contributed by atoms with Crippen molar-refractivity contribution in [2.24, 2.45) is 0 Å². The first-order valence-corrected chi connectivity index (χ1v) is 9.55. The van der Waals surface area contributed by atoms with E-state index in [1.54, 1.807) is 12.2 Å². The minimum Gasteiger partial charge on any atom is -0.494 e. The number of carbonyl (C=O) groups is 1. The summed E-state index contributed by atoms with van der Waals surface area (Å²) in [5, 5.41) is 9.37. The number of hydrogen-bond acceptors (Lipinski definition) is 2. The van der Waals surface area contributed by atoms with Crippen LogP contribution < -0.4 is 4.74 Å². The molecule has 0 spiro atoms. The molecule has 0 fully saturated rings. The summed E-state index contributed by atoms with van der Waals surface area (Å²) in [4.78, 5) is 11.4. The Bertz CT molecular complexity index is 768. The number of unbranched alkanes of at least 4 members (excludes halogenated alkanes) is 3.